The highest BCUT2D eigenvalue weighted by atomic mass is 32.2. The van der Waals surface area contributed by atoms with E-state index in [2.05, 4.69) is 4.98 Å². The van der Waals surface area contributed by atoms with Crippen LogP contribution < -0.4 is 4.74 Å². The molecule has 1 fully saturated rings. The van der Waals surface area contributed by atoms with Gasteiger partial charge >= 0.3 is 5.97 Å². The van der Waals surface area contributed by atoms with Gasteiger partial charge in [0.25, 0.3) is 0 Å². The number of rotatable bonds is 7. The summed E-state index contributed by atoms with van der Waals surface area (Å²) in [4.78, 5) is 30.7. The average molecular weight is 433 g/mol. The van der Waals surface area contributed by atoms with Gasteiger partial charge in [0.15, 0.2) is 0 Å². The quantitative estimate of drug-likeness (QED) is 0.592. The second-order valence-corrected chi connectivity index (χ2v) is 8.57. The highest BCUT2D eigenvalue weighted by molar-refractivity contribution is 7.89. The number of esters is 1. The number of aromatic nitrogens is 1. The molecule has 1 aromatic heterocycles. The molecule has 160 valence electrons. The molecule has 0 aliphatic carbocycles. The van der Waals surface area contributed by atoms with Crippen molar-refractivity contribution in [1.29, 1.82) is 0 Å². The zero-order chi connectivity index (χ0) is 21.7. The summed E-state index contributed by atoms with van der Waals surface area (Å²) in [5, 5.41) is 0. The molecule has 1 amide bonds. The lowest BCUT2D eigenvalue weighted by atomic mass is 10.2. The first-order valence-electron chi connectivity index (χ1n) is 9.28. The van der Waals surface area contributed by atoms with E-state index < -0.39 is 28.6 Å². The number of carbonyl (C=O) groups is 2. The average Bonchev–Trinajstić information content (AvgIpc) is 2.78. The molecule has 1 saturated heterocycles. The fraction of sp³-hybridized carbons (Fsp3) is 0.350. The highest BCUT2D eigenvalue weighted by Gasteiger charge is 2.43. The molecule has 1 aromatic carbocycles. The van der Waals surface area contributed by atoms with Crippen LogP contribution in [0.5, 0.6) is 5.75 Å². The van der Waals surface area contributed by atoms with Crippen LogP contribution in [0.15, 0.2) is 53.6 Å². The van der Waals surface area contributed by atoms with Gasteiger partial charge in [-0.1, -0.05) is 6.07 Å². The lowest BCUT2D eigenvalue weighted by Gasteiger charge is -2.38. The Kier molecular flexibility index (Phi) is 6.68. The molecule has 1 aliphatic heterocycles. The Hall–Kier alpha value is -2.98. The van der Waals surface area contributed by atoms with Crippen LogP contribution in [0.4, 0.5) is 0 Å². The summed E-state index contributed by atoms with van der Waals surface area (Å²) in [6.45, 7) is -0.218. The monoisotopic (exact) mass is 433 g/mol. The molecular formula is C20H23N3O6S. The third-order valence-corrected chi connectivity index (χ3v) is 6.76. The summed E-state index contributed by atoms with van der Waals surface area (Å²) in [6, 6.07) is 10.1. The molecule has 9 nitrogen and oxygen atoms in total. The third-order valence-electron chi connectivity index (χ3n) is 4.89. The van der Waals surface area contributed by atoms with Gasteiger partial charge < -0.3 is 14.4 Å². The molecule has 2 aromatic rings. The molecule has 0 radical (unpaired) electrons. The van der Waals surface area contributed by atoms with Gasteiger partial charge in [-0.25, -0.2) is 8.42 Å². The van der Waals surface area contributed by atoms with Crippen molar-refractivity contribution in [1.82, 2.24) is 14.2 Å². The van der Waals surface area contributed by atoms with Crippen LogP contribution >= 0.6 is 0 Å². The number of ether oxygens (including phenoxy) is 2. The minimum atomic E-state index is -4.10. The lowest BCUT2D eigenvalue weighted by Crippen LogP contribution is -2.60. The first-order valence-corrected chi connectivity index (χ1v) is 10.7. The van der Waals surface area contributed by atoms with E-state index in [1.807, 2.05) is 12.1 Å². The normalized spacial score (nSPS) is 17.6. The number of hydrogen-bond donors (Lipinski definition) is 0. The van der Waals surface area contributed by atoms with Gasteiger partial charge in [0.2, 0.25) is 15.9 Å². The van der Waals surface area contributed by atoms with Crippen LogP contribution in [0.25, 0.3) is 0 Å². The first kappa shape index (κ1) is 21.7. The molecule has 3 rings (SSSR count). The zero-order valence-corrected chi connectivity index (χ0v) is 17.5. The number of sulfonamides is 1. The first-order chi connectivity index (χ1) is 14.4. The number of pyridine rings is 1. The van der Waals surface area contributed by atoms with Crippen LogP contribution in [0.1, 0.15) is 5.69 Å². The van der Waals surface area contributed by atoms with E-state index in [1.165, 1.54) is 43.4 Å². The van der Waals surface area contributed by atoms with Gasteiger partial charge in [-0.3, -0.25) is 14.6 Å². The van der Waals surface area contributed by atoms with Crippen molar-refractivity contribution in [3.05, 3.63) is 54.4 Å². The fourth-order valence-corrected chi connectivity index (χ4v) is 4.74. The van der Waals surface area contributed by atoms with Crippen molar-refractivity contribution in [2.24, 2.45) is 0 Å². The van der Waals surface area contributed by atoms with E-state index in [4.69, 9.17) is 9.47 Å². The van der Waals surface area contributed by atoms with Crippen LogP contribution in [-0.2, 0) is 30.8 Å². The van der Waals surface area contributed by atoms with Crippen molar-refractivity contribution in [2.75, 3.05) is 33.9 Å². The second-order valence-electron chi connectivity index (χ2n) is 6.68. The van der Waals surface area contributed by atoms with Gasteiger partial charge in [-0.2, -0.15) is 4.31 Å². The maximum Gasteiger partial charge on any atom is 0.326 e. The maximum absolute atomic E-state index is 13.1. The number of amides is 1. The van der Waals surface area contributed by atoms with Crippen LogP contribution in [0, 0.1) is 0 Å². The number of carbonyl (C=O) groups excluding carboxylic acids is 2. The molecule has 1 atom stereocenters. The molecule has 0 bridgehead atoms. The molecule has 10 heteroatoms. The molecule has 0 saturated carbocycles. The second kappa shape index (κ2) is 9.23. The predicted octanol–water partition coefficient (Wildman–Crippen LogP) is 0.707. The van der Waals surface area contributed by atoms with E-state index in [9.17, 15) is 18.0 Å². The molecule has 2 heterocycles. The third kappa shape index (κ3) is 4.60. The topological polar surface area (TPSA) is 106 Å². The SMILES string of the molecule is COC(=O)C1CN(CCc2ccccn2)C(=O)CN1S(=O)(=O)c1ccc(OC)cc1. The number of piperazine rings is 1. The Balaban J connectivity index is 1.82. The minimum absolute atomic E-state index is 0.0352. The predicted molar refractivity (Wildman–Crippen MR) is 107 cm³/mol. The molecule has 1 aliphatic rings. The van der Waals surface area contributed by atoms with Gasteiger partial charge in [-0.15, -0.1) is 0 Å². The van der Waals surface area contributed by atoms with Gasteiger partial charge in [0.05, 0.1) is 25.7 Å². The standard InChI is InChI=1S/C20H23N3O6S/c1-28-16-6-8-17(9-7-16)30(26,27)23-14-19(24)22(13-18(23)20(25)29-2)12-10-15-5-3-4-11-21-15/h3-9,11,18H,10,12-14H2,1-2H3. The summed E-state index contributed by atoms with van der Waals surface area (Å²) in [5.41, 5.74) is 0.799. The fourth-order valence-electron chi connectivity index (χ4n) is 3.22. The van der Waals surface area contributed by atoms with E-state index >= 15 is 0 Å². The Morgan fingerprint density at radius 3 is 2.50 bits per heavy atom. The molecule has 0 N–H and O–H groups in total. The summed E-state index contributed by atoms with van der Waals surface area (Å²) >= 11 is 0. The van der Waals surface area contributed by atoms with Crippen LogP contribution in [0.2, 0.25) is 0 Å². The smallest absolute Gasteiger partial charge is 0.326 e. The summed E-state index contributed by atoms with van der Waals surface area (Å²) in [7, 11) is -1.44. The van der Waals surface area contributed by atoms with Gasteiger partial charge in [0, 0.05) is 31.4 Å². The molecule has 30 heavy (non-hydrogen) atoms. The van der Waals surface area contributed by atoms with Gasteiger partial charge in [-0.05, 0) is 36.4 Å². The van der Waals surface area contributed by atoms with Crippen LogP contribution in [-0.4, -0.2) is 74.4 Å². The summed E-state index contributed by atoms with van der Waals surface area (Å²) in [6.07, 6.45) is 2.15. The van der Waals surface area contributed by atoms with Crippen molar-refractivity contribution in [2.45, 2.75) is 17.4 Å². The maximum atomic E-state index is 13.1. The number of benzene rings is 1. The lowest BCUT2D eigenvalue weighted by molar-refractivity contribution is -0.150. The number of hydrogen-bond acceptors (Lipinski definition) is 7. The van der Waals surface area contributed by atoms with Crippen molar-refractivity contribution < 1.29 is 27.5 Å². The van der Waals surface area contributed by atoms with Crippen LogP contribution in [0.3, 0.4) is 0 Å². The Labute approximate surface area is 175 Å². The highest BCUT2D eigenvalue weighted by Crippen LogP contribution is 2.24. The molecular weight excluding hydrogens is 410 g/mol. The Bertz CT molecular complexity index is 995. The summed E-state index contributed by atoms with van der Waals surface area (Å²) < 4.78 is 37.1. The summed E-state index contributed by atoms with van der Waals surface area (Å²) in [5.74, 6) is -0.612. The van der Waals surface area contributed by atoms with Gasteiger partial charge in [0.1, 0.15) is 11.8 Å². The van der Waals surface area contributed by atoms with E-state index in [-0.39, 0.29) is 17.3 Å². The van der Waals surface area contributed by atoms with E-state index in [0.29, 0.717) is 18.7 Å². The Morgan fingerprint density at radius 2 is 1.90 bits per heavy atom. The van der Waals surface area contributed by atoms with Crippen molar-refractivity contribution in [3.8, 4) is 5.75 Å². The van der Waals surface area contributed by atoms with E-state index in [1.54, 1.807) is 12.3 Å². The minimum Gasteiger partial charge on any atom is -0.497 e. The Morgan fingerprint density at radius 1 is 1.17 bits per heavy atom. The number of methoxy groups -OCH3 is 2. The largest absolute Gasteiger partial charge is 0.497 e. The number of nitrogens with zero attached hydrogens (tertiary/aromatic N) is 3. The van der Waals surface area contributed by atoms with E-state index in [0.717, 1.165) is 10.00 Å². The molecule has 1 unspecified atom stereocenters. The zero-order valence-electron chi connectivity index (χ0n) is 16.7. The molecule has 0 spiro atoms. The van der Waals surface area contributed by atoms with Crippen molar-refractivity contribution in [3.63, 3.8) is 0 Å². The van der Waals surface area contributed by atoms with Crippen molar-refractivity contribution >= 4 is 21.9 Å².